The molecular formula is C35H52FN3O3. The van der Waals surface area contributed by atoms with Crippen molar-refractivity contribution in [3.05, 3.63) is 34.6 Å². The van der Waals surface area contributed by atoms with Crippen molar-refractivity contribution in [3.8, 4) is 0 Å². The van der Waals surface area contributed by atoms with Crippen LogP contribution in [0.25, 0.3) is 0 Å². The molecule has 1 saturated heterocycles. The Hall–Kier alpha value is -2.15. The van der Waals surface area contributed by atoms with Gasteiger partial charge in [-0.15, -0.1) is 0 Å². The molecule has 0 aromatic rings. The minimum atomic E-state index is -0.656. The summed E-state index contributed by atoms with van der Waals surface area (Å²) in [6, 6.07) is -0.0230. The maximum atomic E-state index is 13.9. The third-order valence-corrected chi connectivity index (χ3v) is 11.1. The third kappa shape index (κ3) is 6.51. The molecule has 42 heavy (non-hydrogen) atoms. The highest BCUT2D eigenvalue weighted by atomic mass is 19.1. The average Bonchev–Trinajstić information content (AvgIpc) is 3.84. The van der Waals surface area contributed by atoms with Crippen molar-refractivity contribution in [1.29, 1.82) is 0 Å². The van der Waals surface area contributed by atoms with Crippen molar-refractivity contribution in [2.75, 3.05) is 33.3 Å². The molecule has 3 aliphatic carbocycles. The highest BCUT2D eigenvalue weighted by Crippen LogP contribution is 2.51. The molecule has 1 saturated carbocycles. The van der Waals surface area contributed by atoms with E-state index in [-0.39, 0.29) is 17.9 Å². The molecule has 0 spiro atoms. The summed E-state index contributed by atoms with van der Waals surface area (Å²) < 4.78 is 18.9. The number of carbonyl (C=O) groups excluding carboxylic acids is 2. The summed E-state index contributed by atoms with van der Waals surface area (Å²) in [5.41, 5.74) is 4.89. The van der Waals surface area contributed by atoms with Crippen molar-refractivity contribution in [2.45, 2.75) is 109 Å². The highest BCUT2D eigenvalue weighted by molar-refractivity contribution is 5.96. The van der Waals surface area contributed by atoms with E-state index in [4.69, 9.17) is 4.74 Å². The summed E-state index contributed by atoms with van der Waals surface area (Å²) in [5.74, 6) is 3.36. The van der Waals surface area contributed by atoms with Crippen LogP contribution in [0.2, 0.25) is 0 Å². The molecule has 0 aromatic heterocycles. The molecular weight excluding hydrogens is 529 g/mol. The standard InChI is InChI=1S/C35H52FN3O3/c1-22(2)18-25-19-30(24-6-8-27(36)9-7-24)31(23-4-5-23)20-26(25)21-38-15-12-28(13-16-38)39-17-14-32-29(34(39)40)10-11-33(37-32)35(41)42-3/h6,19,22-23,25-28,31,33,37H,4-5,7-18,20-21H2,1-3H3/t25-,26-,27-,31+,33+/m0/s1. The van der Waals surface area contributed by atoms with Crippen molar-refractivity contribution in [1.82, 2.24) is 15.1 Å². The fraction of sp³-hybridized carbons (Fsp3) is 0.771. The molecule has 0 aromatic carbocycles. The summed E-state index contributed by atoms with van der Waals surface area (Å²) in [4.78, 5) is 30.3. The maximum absolute atomic E-state index is 13.9. The van der Waals surface area contributed by atoms with Gasteiger partial charge in [-0.1, -0.05) is 26.0 Å². The van der Waals surface area contributed by atoms with Crippen molar-refractivity contribution in [3.63, 3.8) is 0 Å². The van der Waals surface area contributed by atoms with Gasteiger partial charge in [-0.05, 0) is 111 Å². The van der Waals surface area contributed by atoms with E-state index in [1.165, 1.54) is 38.4 Å². The van der Waals surface area contributed by atoms with Crippen LogP contribution >= 0.6 is 0 Å². The molecule has 3 aliphatic heterocycles. The van der Waals surface area contributed by atoms with E-state index in [2.05, 4.69) is 41.1 Å². The van der Waals surface area contributed by atoms with E-state index < -0.39 is 6.17 Å². The lowest BCUT2D eigenvalue weighted by molar-refractivity contribution is -0.143. The second-order valence-electron chi connectivity index (χ2n) is 14.5. The monoisotopic (exact) mass is 581 g/mol. The number of halogens is 1. The molecule has 0 unspecified atom stereocenters. The van der Waals surface area contributed by atoms with Crippen LogP contribution in [-0.4, -0.2) is 73.2 Å². The topological polar surface area (TPSA) is 61.9 Å². The Labute approximate surface area is 252 Å². The Kier molecular flexibility index (Phi) is 9.14. The quantitative estimate of drug-likeness (QED) is 0.359. The van der Waals surface area contributed by atoms with Gasteiger partial charge in [0.2, 0.25) is 0 Å². The van der Waals surface area contributed by atoms with Gasteiger partial charge in [-0.3, -0.25) is 4.79 Å². The van der Waals surface area contributed by atoms with E-state index in [1.807, 2.05) is 0 Å². The lowest BCUT2D eigenvalue weighted by atomic mass is 9.68. The lowest BCUT2D eigenvalue weighted by Gasteiger charge is -2.44. The van der Waals surface area contributed by atoms with Crippen LogP contribution in [0.4, 0.5) is 4.39 Å². The van der Waals surface area contributed by atoms with Crippen molar-refractivity contribution in [2.24, 2.45) is 29.6 Å². The molecule has 7 heteroatoms. The number of carbonyl (C=O) groups is 2. The van der Waals surface area contributed by atoms with Crippen LogP contribution in [0.3, 0.4) is 0 Å². The zero-order valence-corrected chi connectivity index (χ0v) is 26.1. The van der Waals surface area contributed by atoms with Gasteiger partial charge in [0.25, 0.3) is 5.91 Å². The normalized spacial score (nSPS) is 33.2. The largest absolute Gasteiger partial charge is 0.467 e. The van der Waals surface area contributed by atoms with Crippen LogP contribution in [0.5, 0.6) is 0 Å². The van der Waals surface area contributed by atoms with Crippen molar-refractivity contribution >= 4 is 11.9 Å². The number of rotatable bonds is 8. The fourth-order valence-corrected chi connectivity index (χ4v) is 8.68. The van der Waals surface area contributed by atoms with E-state index in [1.54, 1.807) is 5.57 Å². The molecule has 3 heterocycles. The predicted molar refractivity (Wildman–Crippen MR) is 163 cm³/mol. The van der Waals surface area contributed by atoms with Gasteiger partial charge in [0.1, 0.15) is 12.2 Å². The minimum absolute atomic E-state index is 0.177. The van der Waals surface area contributed by atoms with Gasteiger partial charge in [-0.25, -0.2) is 9.18 Å². The number of piperidine rings is 1. The van der Waals surface area contributed by atoms with Gasteiger partial charge in [0, 0.05) is 49.9 Å². The molecule has 5 atom stereocenters. The summed E-state index contributed by atoms with van der Waals surface area (Å²) in [7, 11) is 1.42. The first-order chi connectivity index (χ1) is 20.3. The summed E-state index contributed by atoms with van der Waals surface area (Å²) in [5, 5.41) is 3.30. The fourth-order valence-electron chi connectivity index (χ4n) is 8.68. The zero-order chi connectivity index (χ0) is 29.4. The third-order valence-electron chi connectivity index (χ3n) is 11.1. The summed E-state index contributed by atoms with van der Waals surface area (Å²) >= 11 is 0. The van der Waals surface area contributed by atoms with Gasteiger partial charge in [-0.2, -0.15) is 0 Å². The molecule has 232 valence electrons. The van der Waals surface area contributed by atoms with Crippen molar-refractivity contribution < 1.29 is 18.7 Å². The van der Waals surface area contributed by atoms with Crippen LogP contribution in [0.1, 0.15) is 90.9 Å². The van der Waals surface area contributed by atoms with Crippen LogP contribution < -0.4 is 5.32 Å². The van der Waals surface area contributed by atoms with Crippen LogP contribution in [0.15, 0.2) is 34.6 Å². The number of hydrogen-bond acceptors (Lipinski definition) is 5. The van der Waals surface area contributed by atoms with Crippen LogP contribution in [-0.2, 0) is 14.3 Å². The van der Waals surface area contributed by atoms with Gasteiger partial charge in [0.15, 0.2) is 0 Å². The molecule has 0 radical (unpaired) electrons. The van der Waals surface area contributed by atoms with Gasteiger partial charge < -0.3 is 19.9 Å². The van der Waals surface area contributed by atoms with Crippen LogP contribution in [0, 0.1) is 29.6 Å². The summed E-state index contributed by atoms with van der Waals surface area (Å²) in [6.07, 6.45) is 15.8. The number of hydrogen-bond donors (Lipinski definition) is 1. The summed E-state index contributed by atoms with van der Waals surface area (Å²) in [6.45, 7) is 8.71. The van der Waals surface area contributed by atoms with E-state index >= 15 is 0 Å². The number of likely N-dealkylation sites (tertiary alicyclic amines) is 1. The number of methoxy groups -OCH3 is 1. The zero-order valence-electron chi connectivity index (χ0n) is 26.1. The predicted octanol–water partition coefficient (Wildman–Crippen LogP) is 5.95. The number of alkyl halides is 1. The lowest BCUT2D eigenvalue weighted by Crippen LogP contribution is -2.53. The minimum Gasteiger partial charge on any atom is -0.467 e. The smallest absolute Gasteiger partial charge is 0.328 e. The first-order valence-corrected chi connectivity index (χ1v) is 17.0. The molecule has 2 fully saturated rings. The Balaban J connectivity index is 1.08. The molecule has 6 aliphatic rings. The van der Waals surface area contributed by atoms with E-state index in [0.717, 1.165) is 69.1 Å². The SMILES string of the molecule is COC(=O)[C@H]1CCC2=C(CCN(C3CCN(C[C@@H]4C[C@H](C5CC5)C(C5=CC[C@H](F)CC5)=C[C@@H]4CC(C)C)CC3)C2=O)N1. The van der Waals surface area contributed by atoms with Gasteiger partial charge >= 0.3 is 5.97 Å². The Morgan fingerprint density at radius 3 is 2.52 bits per heavy atom. The number of ether oxygens (including phenoxy) is 1. The molecule has 6 rings (SSSR count). The first-order valence-electron chi connectivity index (χ1n) is 17.0. The van der Waals surface area contributed by atoms with E-state index in [9.17, 15) is 14.0 Å². The first kappa shape index (κ1) is 29.9. The van der Waals surface area contributed by atoms with E-state index in [0.29, 0.717) is 55.4 Å². The average molecular weight is 582 g/mol. The number of amides is 1. The Bertz CT molecular complexity index is 1120. The second kappa shape index (κ2) is 12.8. The Morgan fingerprint density at radius 1 is 1.07 bits per heavy atom. The van der Waals surface area contributed by atoms with Gasteiger partial charge in [0.05, 0.1) is 7.11 Å². The molecule has 1 amide bonds. The Morgan fingerprint density at radius 2 is 1.86 bits per heavy atom. The molecule has 1 N–H and O–H groups in total. The molecule has 0 bridgehead atoms. The number of allylic oxidation sites excluding steroid dienone is 4. The number of nitrogens with zero attached hydrogens (tertiary/aromatic N) is 2. The number of esters is 1. The molecule has 6 nitrogen and oxygen atoms in total. The second-order valence-corrected chi connectivity index (χ2v) is 14.5. The number of nitrogens with one attached hydrogen (secondary N) is 1. The maximum Gasteiger partial charge on any atom is 0.328 e. The highest BCUT2D eigenvalue weighted by Gasteiger charge is 2.42.